The molecule has 1 aliphatic rings. The van der Waals surface area contributed by atoms with Crippen LogP contribution < -0.4 is 10.5 Å². The number of benzene rings is 1. The number of aryl methyl sites for hydroxylation is 1. The zero-order valence-electron chi connectivity index (χ0n) is 13.0. The van der Waals surface area contributed by atoms with E-state index in [2.05, 4.69) is 15.0 Å². The molecule has 1 aliphatic carbocycles. The van der Waals surface area contributed by atoms with Gasteiger partial charge < -0.3 is 10.5 Å². The average Bonchev–Trinajstić information content (AvgIpc) is 3.35. The fourth-order valence-electron chi connectivity index (χ4n) is 2.07. The monoisotopic (exact) mass is 350 g/mol. The van der Waals surface area contributed by atoms with Gasteiger partial charge in [-0.1, -0.05) is 30.3 Å². The van der Waals surface area contributed by atoms with Crippen molar-refractivity contribution in [2.24, 2.45) is 5.92 Å². The fourth-order valence-corrected chi connectivity index (χ4v) is 3.11. The molecule has 1 heterocycles. The predicted molar refractivity (Wildman–Crippen MR) is 92.8 cm³/mol. The van der Waals surface area contributed by atoms with Gasteiger partial charge >= 0.3 is 0 Å². The smallest absolute Gasteiger partial charge is 0.224 e. The largest absolute Gasteiger partial charge is 0.493 e. The summed E-state index contributed by atoms with van der Waals surface area (Å²) in [7, 11) is 0. The summed E-state index contributed by atoms with van der Waals surface area (Å²) in [5.41, 5.74) is 6.77. The molecule has 23 heavy (non-hydrogen) atoms. The van der Waals surface area contributed by atoms with Crippen LogP contribution in [0.15, 0.2) is 23.4 Å². The van der Waals surface area contributed by atoms with Crippen LogP contribution in [0.5, 0.6) is 5.75 Å². The van der Waals surface area contributed by atoms with Crippen molar-refractivity contribution in [1.29, 1.82) is 0 Å². The Morgan fingerprint density at radius 3 is 2.87 bits per heavy atom. The molecule has 0 bridgehead atoms. The topological polar surface area (TPSA) is 73.9 Å². The number of hydrogen-bond acceptors (Lipinski definition) is 6. The first-order valence-corrected chi connectivity index (χ1v) is 9.05. The van der Waals surface area contributed by atoms with Crippen LogP contribution in [0.2, 0.25) is 5.02 Å². The van der Waals surface area contributed by atoms with Gasteiger partial charge in [-0.25, -0.2) is 4.98 Å². The summed E-state index contributed by atoms with van der Waals surface area (Å²) in [5, 5.41) is 1.33. The van der Waals surface area contributed by atoms with Crippen LogP contribution >= 0.6 is 23.4 Å². The number of hydrogen-bond donors (Lipinski definition) is 1. The van der Waals surface area contributed by atoms with Crippen LogP contribution in [0, 0.1) is 5.92 Å². The summed E-state index contributed by atoms with van der Waals surface area (Å²) in [5.74, 6) is 3.23. The number of ether oxygens (including phenoxy) is 1. The van der Waals surface area contributed by atoms with Crippen LogP contribution in [0.4, 0.5) is 5.95 Å². The summed E-state index contributed by atoms with van der Waals surface area (Å²) in [6.45, 7) is 2.77. The highest BCUT2D eigenvalue weighted by Gasteiger charge is 2.22. The first-order chi connectivity index (χ1) is 11.1. The van der Waals surface area contributed by atoms with Gasteiger partial charge in [0.25, 0.3) is 0 Å². The van der Waals surface area contributed by atoms with E-state index in [0.29, 0.717) is 27.7 Å². The molecule has 122 valence electrons. The molecule has 0 radical (unpaired) electrons. The number of rotatable bonds is 7. The molecule has 1 aromatic carbocycles. The van der Waals surface area contributed by atoms with E-state index in [-0.39, 0.29) is 5.95 Å². The quantitative estimate of drug-likeness (QED) is 0.766. The van der Waals surface area contributed by atoms with Gasteiger partial charge in [-0.05, 0) is 37.0 Å². The van der Waals surface area contributed by atoms with E-state index in [4.69, 9.17) is 22.1 Å². The Morgan fingerprint density at radius 1 is 1.30 bits per heavy atom. The Morgan fingerprint density at radius 2 is 2.13 bits per heavy atom. The second-order valence-corrected chi connectivity index (χ2v) is 6.92. The number of nitrogens with two attached hydrogens (primary N) is 1. The number of aromatic nitrogens is 3. The summed E-state index contributed by atoms with van der Waals surface area (Å²) < 4.78 is 5.92. The van der Waals surface area contributed by atoms with Crippen molar-refractivity contribution in [3.63, 3.8) is 0 Å². The molecule has 0 spiro atoms. The molecule has 1 saturated carbocycles. The highest BCUT2D eigenvalue weighted by molar-refractivity contribution is 7.98. The Bertz CT molecular complexity index is 694. The maximum Gasteiger partial charge on any atom is 0.224 e. The Balaban J connectivity index is 1.71. The molecule has 0 amide bonds. The Labute approximate surface area is 145 Å². The zero-order valence-corrected chi connectivity index (χ0v) is 14.5. The molecule has 2 aromatic rings. The normalized spacial score (nSPS) is 14.0. The van der Waals surface area contributed by atoms with Crippen molar-refractivity contribution in [2.75, 3.05) is 12.3 Å². The molecule has 2 N–H and O–H groups in total. The highest BCUT2D eigenvalue weighted by Crippen LogP contribution is 2.33. The van der Waals surface area contributed by atoms with Gasteiger partial charge in [0, 0.05) is 22.8 Å². The molecular weight excluding hydrogens is 332 g/mol. The van der Waals surface area contributed by atoms with Crippen LogP contribution in [-0.4, -0.2) is 21.6 Å². The van der Waals surface area contributed by atoms with Crippen molar-refractivity contribution in [1.82, 2.24) is 15.0 Å². The average molecular weight is 351 g/mol. The van der Waals surface area contributed by atoms with Crippen molar-refractivity contribution in [3.05, 3.63) is 34.6 Å². The first-order valence-electron chi connectivity index (χ1n) is 7.68. The lowest BCUT2D eigenvalue weighted by molar-refractivity contribution is 0.297. The number of halogens is 1. The second kappa shape index (κ2) is 7.36. The first kappa shape index (κ1) is 16.3. The molecular formula is C16H19ClN4OS. The van der Waals surface area contributed by atoms with Crippen LogP contribution in [0.1, 0.15) is 31.2 Å². The minimum atomic E-state index is 0.260. The fraction of sp³-hybridized carbons (Fsp3) is 0.438. The zero-order chi connectivity index (χ0) is 16.2. The third-order valence-electron chi connectivity index (χ3n) is 3.55. The molecule has 7 heteroatoms. The van der Waals surface area contributed by atoms with E-state index in [1.165, 1.54) is 24.6 Å². The predicted octanol–water partition coefficient (Wildman–Crippen LogP) is 3.75. The summed E-state index contributed by atoms with van der Waals surface area (Å²) >= 11 is 7.63. The molecule has 0 atom stereocenters. The van der Waals surface area contributed by atoms with Crippen molar-refractivity contribution in [3.8, 4) is 5.75 Å². The van der Waals surface area contributed by atoms with Crippen molar-refractivity contribution >= 4 is 29.3 Å². The second-order valence-electron chi connectivity index (χ2n) is 5.54. The van der Waals surface area contributed by atoms with E-state index in [1.807, 2.05) is 25.1 Å². The maximum atomic E-state index is 6.12. The lowest BCUT2D eigenvalue weighted by Gasteiger charge is -2.11. The summed E-state index contributed by atoms with van der Waals surface area (Å²) in [6.07, 6.45) is 3.26. The van der Waals surface area contributed by atoms with E-state index in [0.717, 1.165) is 24.3 Å². The third-order valence-corrected chi connectivity index (χ3v) is 4.68. The van der Waals surface area contributed by atoms with Crippen molar-refractivity contribution in [2.45, 2.75) is 37.1 Å². The number of nitrogens with zero attached hydrogens (tertiary/aromatic N) is 3. The Kier molecular flexibility index (Phi) is 5.23. The Hall–Kier alpha value is -1.53. The van der Waals surface area contributed by atoms with Gasteiger partial charge in [0.15, 0.2) is 5.16 Å². The highest BCUT2D eigenvalue weighted by atomic mass is 35.5. The minimum absolute atomic E-state index is 0.260. The summed E-state index contributed by atoms with van der Waals surface area (Å²) in [4.78, 5) is 12.7. The van der Waals surface area contributed by atoms with Gasteiger partial charge in [0.05, 0.1) is 6.61 Å². The summed E-state index contributed by atoms with van der Waals surface area (Å²) in [6, 6.07) is 5.72. The molecule has 0 aliphatic heterocycles. The molecule has 0 unspecified atom stereocenters. The van der Waals surface area contributed by atoms with Gasteiger partial charge in [-0.3, -0.25) is 0 Å². The number of thioether (sulfide) groups is 1. The van der Waals surface area contributed by atoms with Gasteiger partial charge in [-0.2, -0.15) is 9.97 Å². The molecule has 0 saturated heterocycles. The lowest BCUT2D eigenvalue weighted by atomic mass is 10.2. The SMILES string of the molecule is CCc1nc(N)nc(SCc2cc(Cl)ccc2OCC2CC2)n1. The van der Waals surface area contributed by atoms with Crippen molar-refractivity contribution < 1.29 is 4.74 Å². The minimum Gasteiger partial charge on any atom is -0.493 e. The van der Waals surface area contributed by atoms with E-state index in [1.54, 1.807) is 0 Å². The lowest BCUT2D eigenvalue weighted by Crippen LogP contribution is -2.04. The van der Waals surface area contributed by atoms with Crippen LogP contribution in [0.3, 0.4) is 0 Å². The molecule has 1 aromatic heterocycles. The molecule has 5 nitrogen and oxygen atoms in total. The van der Waals surface area contributed by atoms with Gasteiger partial charge in [0.1, 0.15) is 11.6 Å². The number of anilines is 1. The van der Waals surface area contributed by atoms with E-state index < -0.39 is 0 Å². The molecule has 3 rings (SSSR count). The number of nitrogen functional groups attached to an aromatic ring is 1. The van der Waals surface area contributed by atoms with Gasteiger partial charge in [-0.15, -0.1) is 0 Å². The van der Waals surface area contributed by atoms with Crippen LogP contribution in [0.25, 0.3) is 0 Å². The third kappa shape index (κ3) is 4.72. The van der Waals surface area contributed by atoms with E-state index >= 15 is 0 Å². The van der Waals surface area contributed by atoms with E-state index in [9.17, 15) is 0 Å². The molecule has 1 fully saturated rings. The maximum absolute atomic E-state index is 6.12. The standard InChI is InChI=1S/C16H19ClN4OS/c1-2-14-19-15(18)21-16(20-14)23-9-11-7-12(17)5-6-13(11)22-8-10-3-4-10/h5-7,10H,2-4,8-9H2,1H3,(H2,18,19,20,21). The van der Waals surface area contributed by atoms with Gasteiger partial charge in [0.2, 0.25) is 5.95 Å². The van der Waals surface area contributed by atoms with Crippen LogP contribution in [-0.2, 0) is 12.2 Å².